The maximum atomic E-state index is 11.4. The third-order valence-electron chi connectivity index (χ3n) is 6.83. The molecule has 5 nitrogen and oxygen atoms in total. The van der Waals surface area contributed by atoms with Crippen LogP contribution in [0.25, 0.3) is 5.57 Å². The fraction of sp³-hybridized carbons (Fsp3) is 0.286. The molecule has 1 aromatic heterocycles. The van der Waals surface area contributed by atoms with Crippen LogP contribution in [0.1, 0.15) is 52.0 Å². The molecule has 0 radical (unpaired) electrons. The molecule has 0 amide bonds. The van der Waals surface area contributed by atoms with Crippen LogP contribution in [0.5, 0.6) is 5.75 Å². The fourth-order valence-corrected chi connectivity index (χ4v) is 4.98. The summed E-state index contributed by atoms with van der Waals surface area (Å²) in [4.78, 5) is 18.3. The van der Waals surface area contributed by atoms with Crippen molar-refractivity contribution >= 4 is 23.5 Å². The zero-order valence-electron chi connectivity index (χ0n) is 18.9. The second-order valence-electron chi connectivity index (χ2n) is 8.95. The number of hydrogen-bond acceptors (Lipinski definition) is 5. The number of benzene rings is 2. The third kappa shape index (κ3) is 4.64. The number of likely N-dealkylation sites (tertiary alicyclic amines) is 1. The Morgan fingerprint density at radius 3 is 2.65 bits per heavy atom. The molecule has 0 saturated carbocycles. The zero-order valence-corrected chi connectivity index (χ0v) is 19.7. The van der Waals surface area contributed by atoms with Gasteiger partial charge in [-0.15, -0.1) is 0 Å². The van der Waals surface area contributed by atoms with E-state index in [2.05, 4.69) is 22.0 Å². The van der Waals surface area contributed by atoms with Crippen molar-refractivity contribution in [2.45, 2.75) is 31.5 Å². The molecule has 2 aliphatic rings. The topological polar surface area (TPSA) is 62.7 Å². The fourth-order valence-electron chi connectivity index (χ4n) is 4.85. The van der Waals surface area contributed by atoms with Gasteiger partial charge in [0.25, 0.3) is 0 Å². The number of ether oxygens (including phenoxy) is 1. The Kier molecular flexibility index (Phi) is 6.50. The Morgan fingerprint density at radius 2 is 1.88 bits per heavy atom. The molecule has 0 unspecified atom stereocenters. The van der Waals surface area contributed by atoms with Crippen LogP contribution in [-0.4, -0.2) is 40.9 Å². The third-order valence-corrected chi connectivity index (χ3v) is 7.09. The summed E-state index contributed by atoms with van der Waals surface area (Å²) < 4.78 is 6.01. The summed E-state index contributed by atoms with van der Waals surface area (Å²) in [5.74, 6) is 0.765. The highest BCUT2D eigenvalue weighted by Crippen LogP contribution is 2.37. The molecule has 34 heavy (non-hydrogen) atoms. The molecule has 6 heteroatoms. The van der Waals surface area contributed by atoms with Gasteiger partial charge in [-0.2, -0.15) is 0 Å². The molecule has 174 valence electrons. The average molecular weight is 475 g/mol. The largest absolute Gasteiger partial charge is 0.487 e. The number of rotatable bonds is 5. The maximum Gasteiger partial charge on any atom is 0.150 e. The molecule has 3 heterocycles. The first-order chi connectivity index (χ1) is 16.6. The zero-order chi connectivity index (χ0) is 23.5. The minimum atomic E-state index is -0.799. The van der Waals surface area contributed by atoms with Crippen LogP contribution < -0.4 is 4.74 Å². The van der Waals surface area contributed by atoms with Crippen LogP contribution in [0.3, 0.4) is 0 Å². The molecule has 1 N–H and O–H groups in total. The summed E-state index contributed by atoms with van der Waals surface area (Å²) >= 11 is 6.01. The summed E-state index contributed by atoms with van der Waals surface area (Å²) in [6.45, 7) is 2.95. The molecule has 0 aliphatic carbocycles. The van der Waals surface area contributed by atoms with E-state index in [0.717, 1.165) is 66.0 Å². The number of piperidine rings is 1. The van der Waals surface area contributed by atoms with Crippen molar-refractivity contribution in [1.29, 1.82) is 0 Å². The van der Waals surface area contributed by atoms with E-state index in [-0.39, 0.29) is 0 Å². The number of aromatic nitrogens is 1. The first kappa shape index (κ1) is 22.8. The van der Waals surface area contributed by atoms with Crippen molar-refractivity contribution < 1.29 is 14.6 Å². The Hall–Kier alpha value is -2.99. The minimum absolute atomic E-state index is 0.399. The van der Waals surface area contributed by atoms with Crippen LogP contribution in [0.4, 0.5) is 0 Å². The van der Waals surface area contributed by atoms with Gasteiger partial charge in [0.2, 0.25) is 0 Å². The minimum Gasteiger partial charge on any atom is -0.487 e. The van der Waals surface area contributed by atoms with Crippen molar-refractivity contribution in [2.24, 2.45) is 0 Å². The average Bonchev–Trinajstić information content (AvgIpc) is 3.02. The predicted octanol–water partition coefficient (Wildman–Crippen LogP) is 5.25. The van der Waals surface area contributed by atoms with E-state index < -0.39 is 5.60 Å². The van der Waals surface area contributed by atoms with Gasteiger partial charge < -0.3 is 14.7 Å². The maximum absolute atomic E-state index is 11.4. The molecule has 0 bridgehead atoms. The van der Waals surface area contributed by atoms with E-state index in [1.165, 1.54) is 0 Å². The van der Waals surface area contributed by atoms with Crippen molar-refractivity contribution in [1.82, 2.24) is 9.88 Å². The van der Waals surface area contributed by atoms with Crippen LogP contribution in [-0.2, 0) is 12.2 Å². The van der Waals surface area contributed by atoms with Gasteiger partial charge in [0.05, 0.1) is 11.3 Å². The van der Waals surface area contributed by atoms with E-state index in [1.807, 2.05) is 42.5 Å². The molecule has 1 saturated heterocycles. The first-order valence-corrected chi connectivity index (χ1v) is 12.0. The van der Waals surface area contributed by atoms with Gasteiger partial charge in [-0.05, 0) is 66.8 Å². The number of carbonyl (C=O) groups is 1. The van der Waals surface area contributed by atoms with Crippen LogP contribution >= 0.6 is 11.6 Å². The van der Waals surface area contributed by atoms with Gasteiger partial charge in [0, 0.05) is 47.5 Å². The Labute approximate surface area is 204 Å². The number of hydrogen-bond donors (Lipinski definition) is 1. The van der Waals surface area contributed by atoms with E-state index >= 15 is 0 Å². The molecular formula is C28H27ClN2O3. The van der Waals surface area contributed by atoms with Gasteiger partial charge in [0.1, 0.15) is 18.6 Å². The van der Waals surface area contributed by atoms with Crippen molar-refractivity contribution in [3.05, 3.63) is 99.8 Å². The van der Waals surface area contributed by atoms with Crippen molar-refractivity contribution in [2.75, 3.05) is 19.6 Å². The van der Waals surface area contributed by atoms with Gasteiger partial charge in [-0.25, -0.2) is 0 Å². The van der Waals surface area contributed by atoms with E-state index in [4.69, 9.17) is 16.3 Å². The molecule has 2 aliphatic heterocycles. The van der Waals surface area contributed by atoms with Crippen LogP contribution in [0.15, 0.2) is 66.9 Å². The molecule has 5 rings (SSSR count). The van der Waals surface area contributed by atoms with E-state index in [0.29, 0.717) is 30.0 Å². The number of nitrogens with zero attached hydrogens (tertiary/aromatic N) is 2. The normalized spacial score (nSPS) is 18.5. The molecular weight excluding hydrogens is 448 g/mol. The summed E-state index contributed by atoms with van der Waals surface area (Å²) in [5, 5.41) is 11.8. The number of fused-ring (bicyclic) bond motifs is 2. The number of pyridine rings is 1. The second kappa shape index (κ2) is 9.71. The molecule has 0 atom stereocenters. The standard InChI is InChI=1S/C28H27ClN2O3/c29-22-8-6-21(7-9-22)28(33)11-15-31(16-12-28)14-2-4-23-24-3-1-13-30-26(24)19-34-27-10-5-20(18-32)17-25(23)27/h1,3-10,13,17-18,33H,2,11-12,14-16,19H2/b23-4+. The van der Waals surface area contributed by atoms with Crippen molar-refractivity contribution in [3.8, 4) is 5.75 Å². The van der Waals surface area contributed by atoms with Gasteiger partial charge in [-0.1, -0.05) is 35.9 Å². The quantitative estimate of drug-likeness (QED) is 0.512. The van der Waals surface area contributed by atoms with Crippen LogP contribution in [0, 0.1) is 0 Å². The SMILES string of the molecule is O=Cc1ccc2c(c1)/C(=C/CCN1CCC(O)(c3ccc(Cl)cc3)CC1)c1cccnc1CO2. The lowest BCUT2D eigenvalue weighted by atomic mass is 9.84. The molecule has 0 spiro atoms. The first-order valence-electron chi connectivity index (χ1n) is 11.6. The lowest BCUT2D eigenvalue weighted by molar-refractivity contribution is -0.0254. The van der Waals surface area contributed by atoms with E-state index in [1.54, 1.807) is 12.3 Å². The highest BCUT2D eigenvalue weighted by Gasteiger charge is 2.33. The predicted molar refractivity (Wildman–Crippen MR) is 133 cm³/mol. The van der Waals surface area contributed by atoms with Gasteiger partial charge >= 0.3 is 0 Å². The Balaban J connectivity index is 1.32. The summed E-state index contributed by atoms with van der Waals surface area (Å²) in [5.41, 5.74) is 4.67. The van der Waals surface area contributed by atoms with Crippen LogP contribution in [0.2, 0.25) is 5.02 Å². The number of aldehydes is 1. The molecule has 1 fully saturated rings. The highest BCUT2D eigenvalue weighted by molar-refractivity contribution is 6.30. The smallest absolute Gasteiger partial charge is 0.150 e. The lowest BCUT2D eigenvalue weighted by Crippen LogP contribution is -2.42. The van der Waals surface area contributed by atoms with E-state index in [9.17, 15) is 9.90 Å². The van der Waals surface area contributed by atoms with Gasteiger partial charge in [-0.3, -0.25) is 9.78 Å². The Bertz CT molecular complexity index is 1210. The Morgan fingerprint density at radius 1 is 1.09 bits per heavy atom. The van der Waals surface area contributed by atoms with Crippen molar-refractivity contribution in [3.63, 3.8) is 0 Å². The molecule has 2 aromatic carbocycles. The number of aliphatic hydroxyl groups is 1. The summed E-state index contributed by atoms with van der Waals surface area (Å²) in [6.07, 6.45) is 7.09. The number of carbonyl (C=O) groups excluding carboxylic acids is 1. The lowest BCUT2D eigenvalue weighted by Gasteiger charge is -2.38. The van der Waals surface area contributed by atoms with Gasteiger partial charge in [0.15, 0.2) is 0 Å². The monoisotopic (exact) mass is 474 g/mol. The summed E-state index contributed by atoms with van der Waals surface area (Å²) in [6, 6.07) is 17.1. The number of halogens is 1. The second-order valence-corrected chi connectivity index (χ2v) is 9.38. The molecule has 3 aromatic rings. The summed E-state index contributed by atoms with van der Waals surface area (Å²) in [7, 11) is 0. The highest BCUT2D eigenvalue weighted by atomic mass is 35.5.